The van der Waals surface area contributed by atoms with Crippen LogP contribution in [0.1, 0.15) is 38.8 Å². The van der Waals surface area contributed by atoms with Gasteiger partial charge in [-0.3, -0.25) is 4.79 Å². The van der Waals surface area contributed by atoms with E-state index in [2.05, 4.69) is 15.4 Å². The zero-order valence-corrected chi connectivity index (χ0v) is 15.0. The van der Waals surface area contributed by atoms with E-state index in [1.54, 1.807) is 19.2 Å². The first kappa shape index (κ1) is 17.0. The highest BCUT2D eigenvalue weighted by Crippen LogP contribution is 2.17. The monoisotopic (exact) mass is 338 g/mol. The van der Waals surface area contributed by atoms with Gasteiger partial charge in [0, 0.05) is 18.4 Å². The molecule has 3 rings (SSSR count). The van der Waals surface area contributed by atoms with Gasteiger partial charge in [0.2, 0.25) is 0 Å². The Labute approximate surface area is 146 Å². The van der Waals surface area contributed by atoms with Crippen LogP contribution < -0.4 is 5.32 Å². The molecule has 0 aromatic carbocycles. The lowest BCUT2D eigenvalue weighted by atomic mass is 10.1. The van der Waals surface area contributed by atoms with Crippen molar-refractivity contribution < 1.29 is 9.21 Å². The standard InChI is InChI=1S/C19H22N4O2/c1-12-11-17(15(4)25-12)19(24)21-10-8-16-13(2)22-23(14(16)3)18-7-5-6-9-20-18/h5-7,9,11H,8,10H2,1-4H3,(H,21,24). The van der Waals surface area contributed by atoms with Crippen molar-refractivity contribution in [3.63, 3.8) is 0 Å². The van der Waals surface area contributed by atoms with E-state index in [1.165, 1.54) is 0 Å². The number of hydrogen-bond donors (Lipinski definition) is 1. The van der Waals surface area contributed by atoms with Gasteiger partial charge in [-0.2, -0.15) is 5.10 Å². The van der Waals surface area contributed by atoms with Crippen molar-refractivity contribution in [1.82, 2.24) is 20.1 Å². The summed E-state index contributed by atoms with van der Waals surface area (Å²) < 4.78 is 7.25. The fraction of sp³-hybridized carbons (Fsp3) is 0.316. The molecule has 0 unspecified atom stereocenters. The molecule has 6 heteroatoms. The molecule has 25 heavy (non-hydrogen) atoms. The molecule has 0 aliphatic heterocycles. The van der Waals surface area contributed by atoms with Gasteiger partial charge < -0.3 is 9.73 Å². The average Bonchev–Trinajstić information content (AvgIpc) is 3.08. The summed E-state index contributed by atoms with van der Waals surface area (Å²) in [7, 11) is 0. The lowest BCUT2D eigenvalue weighted by Crippen LogP contribution is -2.26. The number of carbonyl (C=O) groups excluding carboxylic acids is 1. The smallest absolute Gasteiger partial charge is 0.254 e. The van der Waals surface area contributed by atoms with Crippen molar-refractivity contribution in [2.75, 3.05) is 6.54 Å². The van der Waals surface area contributed by atoms with Crippen molar-refractivity contribution >= 4 is 5.91 Å². The van der Waals surface area contributed by atoms with Crippen LogP contribution in [0, 0.1) is 27.7 Å². The van der Waals surface area contributed by atoms with Crippen LogP contribution in [0.25, 0.3) is 5.82 Å². The molecule has 3 aromatic rings. The number of aromatic nitrogens is 3. The highest BCUT2D eigenvalue weighted by Gasteiger charge is 2.15. The number of pyridine rings is 1. The van der Waals surface area contributed by atoms with Gasteiger partial charge in [-0.1, -0.05) is 6.07 Å². The maximum absolute atomic E-state index is 12.3. The van der Waals surface area contributed by atoms with E-state index in [0.29, 0.717) is 24.3 Å². The van der Waals surface area contributed by atoms with Crippen LogP contribution in [0.15, 0.2) is 34.9 Å². The summed E-state index contributed by atoms with van der Waals surface area (Å²) >= 11 is 0. The summed E-state index contributed by atoms with van der Waals surface area (Å²) in [5.74, 6) is 2.07. The molecule has 0 saturated heterocycles. The van der Waals surface area contributed by atoms with Crippen LogP contribution in [0.2, 0.25) is 0 Å². The van der Waals surface area contributed by atoms with Gasteiger partial charge in [0.1, 0.15) is 11.5 Å². The van der Waals surface area contributed by atoms with E-state index < -0.39 is 0 Å². The maximum Gasteiger partial charge on any atom is 0.254 e. The van der Waals surface area contributed by atoms with Gasteiger partial charge in [-0.05, 0) is 57.9 Å². The fourth-order valence-corrected chi connectivity index (χ4v) is 2.99. The first-order valence-electron chi connectivity index (χ1n) is 8.29. The predicted octanol–water partition coefficient (Wildman–Crippen LogP) is 3.07. The summed E-state index contributed by atoms with van der Waals surface area (Å²) in [6.07, 6.45) is 2.47. The van der Waals surface area contributed by atoms with E-state index >= 15 is 0 Å². The van der Waals surface area contributed by atoms with E-state index in [4.69, 9.17) is 4.42 Å². The Hall–Kier alpha value is -2.89. The first-order chi connectivity index (χ1) is 12.0. The molecule has 1 N–H and O–H groups in total. The van der Waals surface area contributed by atoms with Crippen molar-refractivity contribution in [3.05, 3.63) is 64.5 Å². The van der Waals surface area contributed by atoms with E-state index in [-0.39, 0.29) is 5.91 Å². The quantitative estimate of drug-likeness (QED) is 0.776. The van der Waals surface area contributed by atoms with Crippen LogP contribution in [-0.4, -0.2) is 27.2 Å². The zero-order valence-electron chi connectivity index (χ0n) is 15.0. The van der Waals surface area contributed by atoms with Crippen LogP contribution >= 0.6 is 0 Å². The van der Waals surface area contributed by atoms with E-state index in [9.17, 15) is 4.79 Å². The fourth-order valence-electron chi connectivity index (χ4n) is 2.99. The molecule has 0 atom stereocenters. The predicted molar refractivity (Wildman–Crippen MR) is 95.1 cm³/mol. The molecule has 0 radical (unpaired) electrons. The largest absolute Gasteiger partial charge is 0.466 e. The number of nitrogens with zero attached hydrogens (tertiary/aromatic N) is 3. The number of hydrogen-bond acceptors (Lipinski definition) is 4. The summed E-state index contributed by atoms with van der Waals surface area (Å²) in [5, 5.41) is 7.53. The number of amides is 1. The number of furan rings is 1. The molecule has 130 valence electrons. The Morgan fingerprint density at radius 2 is 2.04 bits per heavy atom. The van der Waals surface area contributed by atoms with Crippen molar-refractivity contribution in [1.29, 1.82) is 0 Å². The molecule has 6 nitrogen and oxygen atoms in total. The topological polar surface area (TPSA) is 73.0 Å². The summed E-state index contributed by atoms with van der Waals surface area (Å²) in [5.41, 5.74) is 3.72. The molecule has 3 heterocycles. The van der Waals surface area contributed by atoms with Gasteiger partial charge >= 0.3 is 0 Å². The molecule has 0 fully saturated rings. The molecular weight excluding hydrogens is 316 g/mol. The Morgan fingerprint density at radius 3 is 2.68 bits per heavy atom. The molecule has 1 amide bonds. The van der Waals surface area contributed by atoms with Gasteiger partial charge in [-0.25, -0.2) is 9.67 Å². The van der Waals surface area contributed by atoms with Crippen molar-refractivity contribution in [3.8, 4) is 5.82 Å². The Kier molecular flexibility index (Phi) is 4.70. The van der Waals surface area contributed by atoms with Crippen LogP contribution in [0.5, 0.6) is 0 Å². The highest BCUT2D eigenvalue weighted by molar-refractivity contribution is 5.95. The minimum atomic E-state index is -0.109. The summed E-state index contributed by atoms with van der Waals surface area (Å²) in [6.45, 7) is 8.18. The van der Waals surface area contributed by atoms with Gasteiger partial charge in [0.15, 0.2) is 5.82 Å². The second-order valence-corrected chi connectivity index (χ2v) is 6.08. The van der Waals surface area contributed by atoms with Crippen LogP contribution in [-0.2, 0) is 6.42 Å². The third kappa shape index (κ3) is 3.47. The third-order valence-corrected chi connectivity index (χ3v) is 4.25. The average molecular weight is 338 g/mol. The summed E-state index contributed by atoms with van der Waals surface area (Å²) in [6, 6.07) is 7.51. The van der Waals surface area contributed by atoms with E-state index in [1.807, 2.05) is 43.7 Å². The van der Waals surface area contributed by atoms with Crippen molar-refractivity contribution in [2.24, 2.45) is 0 Å². The van der Waals surface area contributed by atoms with E-state index in [0.717, 1.165) is 28.5 Å². The number of rotatable bonds is 5. The Bertz CT molecular complexity index is 894. The number of carbonyl (C=O) groups is 1. The Morgan fingerprint density at radius 1 is 1.24 bits per heavy atom. The first-order valence-corrected chi connectivity index (χ1v) is 8.29. The zero-order chi connectivity index (χ0) is 18.0. The molecule has 0 saturated carbocycles. The van der Waals surface area contributed by atoms with Crippen molar-refractivity contribution in [2.45, 2.75) is 34.1 Å². The van der Waals surface area contributed by atoms with Crippen LogP contribution in [0.4, 0.5) is 0 Å². The molecule has 0 spiro atoms. The van der Waals surface area contributed by atoms with Gasteiger partial charge in [0.25, 0.3) is 5.91 Å². The number of aryl methyl sites for hydroxylation is 3. The normalized spacial score (nSPS) is 10.9. The second kappa shape index (κ2) is 6.93. The highest BCUT2D eigenvalue weighted by atomic mass is 16.3. The van der Waals surface area contributed by atoms with Crippen LogP contribution in [0.3, 0.4) is 0 Å². The third-order valence-electron chi connectivity index (χ3n) is 4.25. The minimum Gasteiger partial charge on any atom is -0.466 e. The van der Waals surface area contributed by atoms with Gasteiger partial charge in [-0.15, -0.1) is 0 Å². The molecular formula is C19H22N4O2. The molecule has 0 aliphatic rings. The summed E-state index contributed by atoms with van der Waals surface area (Å²) in [4.78, 5) is 16.6. The molecule has 0 bridgehead atoms. The molecule has 3 aromatic heterocycles. The maximum atomic E-state index is 12.3. The lowest BCUT2D eigenvalue weighted by molar-refractivity contribution is 0.0952. The number of nitrogens with one attached hydrogen (secondary N) is 1. The molecule has 0 aliphatic carbocycles. The van der Waals surface area contributed by atoms with Gasteiger partial charge in [0.05, 0.1) is 11.3 Å². The minimum absolute atomic E-state index is 0.109. The lowest BCUT2D eigenvalue weighted by Gasteiger charge is -2.06. The Balaban J connectivity index is 1.69. The SMILES string of the molecule is Cc1cc(C(=O)NCCc2c(C)nn(-c3ccccn3)c2C)c(C)o1. The second-order valence-electron chi connectivity index (χ2n) is 6.08.